The molecule has 1 aliphatic heterocycles. The molecule has 6 rings (SSSR count). The molecule has 1 aliphatic carbocycles. The Morgan fingerprint density at radius 3 is 1.74 bits per heavy atom. The summed E-state index contributed by atoms with van der Waals surface area (Å²) >= 11 is 0. The van der Waals surface area contributed by atoms with Crippen molar-refractivity contribution in [3.05, 3.63) is 125 Å². The van der Waals surface area contributed by atoms with Gasteiger partial charge in [-0.2, -0.15) is 0 Å². The number of rotatable bonds is 5. The highest BCUT2D eigenvalue weighted by Crippen LogP contribution is 2.55. The van der Waals surface area contributed by atoms with Crippen LogP contribution in [0.25, 0.3) is 11.1 Å². The lowest BCUT2D eigenvalue weighted by Gasteiger charge is -2.34. The maximum atomic E-state index is 6.48. The van der Waals surface area contributed by atoms with Crippen LogP contribution < -0.4 is 5.46 Å². The predicted octanol–water partition coefficient (Wildman–Crippen LogP) is 7.55. The van der Waals surface area contributed by atoms with Gasteiger partial charge in [0.05, 0.1) is 16.6 Å². The minimum Gasteiger partial charge on any atom is -0.399 e. The summed E-state index contributed by atoms with van der Waals surface area (Å²) in [6.07, 6.45) is 1.08. The Bertz CT molecular complexity index is 1420. The van der Waals surface area contributed by atoms with Gasteiger partial charge in [-0.05, 0) is 84.4 Å². The van der Waals surface area contributed by atoms with Crippen molar-refractivity contribution in [2.45, 2.75) is 64.6 Å². The van der Waals surface area contributed by atoms with Gasteiger partial charge in [-0.15, -0.1) is 0 Å². The zero-order chi connectivity index (χ0) is 26.7. The molecule has 0 radical (unpaired) electrons. The van der Waals surface area contributed by atoms with Gasteiger partial charge in [-0.1, -0.05) is 111 Å². The monoisotopic (exact) mass is 500 g/mol. The molecule has 1 fully saturated rings. The lowest BCUT2D eigenvalue weighted by molar-refractivity contribution is 0.00578. The quantitative estimate of drug-likeness (QED) is 0.232. The van der Waals surface area contributed by atoms with Gasteiger partial charge in [-0.3, -0.25) is 0 Å². The first-order chi connectivity index (χ1) is 18.1. The molecule has 192 valence electrons. The second-order valence-electron chi connectivity index (χ2n) is 12.3. The highest BCUT2D eigenvalue weighted by atomic mass is 16.7. The van der Waals surface area contributed by atoms with Crippen molar-refractivity contribution >= 4 is 12.6 Å². The molecule has 2 nitrogen and oxygen atoms in total. The van der Waals surface area contributed by atoms with Crippen LogP contribution in [0.15, 0.2) is 97.1 Å². The summed E-state index contributed by atoms with van der Waals surface area (Å²) in [6.45, 7) is 13.0. The molecular formula is C35H37BO2. The van der Waals surface area contributed by atoms with Crippen molar-refractivity contribution in [1.82, 2.24) is 0 Å². The fraction of sp³-hybridized carbons (Fsp3) is 0.314. The van der Waals surface area contributed by atoms with Crippen LogP contribution in [0.1, 0.15) is 69.4 Å². The Morgan fingerprint density at radius 1 is 0.632 bits per heavy atom. The summed E-state index contributed by atoms with van der Waals surface area (Å²) in [7, 11) is -0.405. The molecule has 0 unspecified atom stereocenters. The number of hydrogen-bond donors (Lipinski definition) is 0. The Kier molecular flexibility index (Phi) is 5.94. The minimum atomic E-state index is -0.427. The zero-order valence-corrected chi connectivity index (χ0v) is 23.4. The van der Waals surface area contributed by atoms with E-state index in [0.717, 1.165) is 11.9 Å². The molecule has 0 aromatic heterocycles. The Balaban J connectivity index is 1.58. The van der Waals surface area contributed by atoms with Crippen molar-refractivity contribution in [1.29, 1.82) is 0 Å². The lowest BCUT2D eigenvalue weighted by atomic mass is 9.66. The summed E-state index contributed by atoms with van der Waals surface area (Å²) in [6, 6.07) is 36.0. The summed E-state index contributed by atoms with van der Waals surface area (Å²) in [5.41, 5.74) is 9.01. The second kappa shape index (κ2) is 8.97. The predicted molar refractivity (Wildman–Crippen MR) is 158 cm³/mol. The third kappa shape index (κ3) is 3.79. The molecule has 0 spiro atoms. The van der Waals surface area contributed by atoms with E-state index in [2.05, 4.69) is 139 Å². The van der Waals surface area contributed by atoms with Gasteiger partial charge in [0.1, 0.15) is 0 Å². The van der Waals surface area contributed by atoms with Crippen molar-refractivity contribution in [2.24, 2.45) is 5.92 Å². The van der Waals surface area contributed by atoms with Crippen LogP contribution in [0.4, 0.5) is 0 Å². The van der Waals surface area contributed by atoms with Gasteiger partial charge in [0.25, 0.3) is 0 Å². The Morgan fingerprint density at radius 2 is 1.18 bits per heavy atom. The molecule has 38 heavy (non-hydrogen) atoms. The van der Waals surface area contributed by atoms with Gasteiger partial charge < -0.3 is 9.31 Å². The molecule has 1 heterocycles. The van der Waals surface area contributed by atoms with Crippen molar-refractivity contribution in [3.8, 4) is 11.1 Å². The van der Waals surface area contributed by atoms with Crippen molar-refractivity contribution < 1.29 is 9.31 Å². The van der Waals surface area contributed by atoms with Crippen LogP contribution >= 0.6 is 0 Å². The van der Waals surface area contributed by atoms with Crippen LogP contribution in [0.3, 0.4) is 0 Å². The molecule has 3 heteroatoms. The van der Waals surface area contributed by atoms with E-state index in [4.69, 9.17) is 9.31 Å². The van der Waals surface area contributed by atoms with E-state index >= 15 is 0 Å². The zero-order valence-electron chi connectivity index (χ0n) is 23.4. The van der Waals surface area contributed by atoms with E-state index in [1.54, 1.807) is 0 Å². The number of hydrogen-bond acceptors (Lipinski definition) is 2. The fourth-order valence-corrected chi connectivity index (χ4v) is 6.28. The van der Waals surface area contributed by atoms with E-state index in [9.17, 15) is 0 Å². The van der Waals surface area contributed by atoms with Gasteiger partial charge in [0.15, 0.2) is 0 Å². The van der Waals surface area contributed by atoms with Crippen LogP contribution in [0, 0.1) is 5.92 Å². The number of fused-ring (bicyclic) bond motifs is 3. The first-order valence-corrected chi connectivity index (χ1v) is 13.9. The first kappa shape index (κ1) is 25.2. The molecule has 2 aliphatic rings. The van der Waals surface area contributed by atoms with Crippen molar-refractivity contribution in [2.75, 3.05) is 0 Å². The maximum Gasteiger partial charge on any atom is 0.494 e. The van der Waals surface area contributed by atoms with Gasteiger partial charge >= 0.3 is 7.12 Å². The van der Waals surface area contributed by atoms with E-state index < -0.39 is 12.5 Å². The van der Waals surface area contributed by atoms with E-state index in [0.29, 0.717) is 5.92 Å². The molecule has 0 amide bonds. The molecule has 4 aromatic carbocycles. The molecule has 1 saturated heterocycles. The SMILES string of the molecule is CC(C)Cc1ccc(C2(c3cccc(B4OC(C)(C)C(C)(C)O4)c3)c3ccccc3-c3ccccc32)cc1. The van der Waals surface area contributed by atoms with Crippen LogP contribution in [-0.2, 0) is 21.1 Å². The van der Waals surface area contributed by atoms with Crippen LogP contribution in [0.2, 0.25) is 0 Å². The minimum absolute atomic E-state index is 0.385. The molecule has 0 bridgehead atoms. The smallest absolute Gasteiger partial charge is 0.399 e. The van der Waals surface area contributed by atoms with E-state index in [1.165, 1.54) is 38.9 Å². The lowest BCUT2D eigenvalue weighted by Crippen LogP contribution is -2.41. The topological polar surface area (TPSA) is 18.5 Å². The van der Waals surface area contributed by atoms with Gasteiger partial charge in [-0.25, -0.2) is 0 Å². The third-order valence-electron chi connectivity index (χ3n) is 8.83. The highest BCUT2D eigenvalue weighted by molar-refractivity contribution is 6.62. The average molecular weight is 500 g/mol. The summed E-state index contributed by atoms with van der Waals surface area (Å²) in [5.74, 6) is 0.624. The largest absolute Gasteiger partial charge is 0.494 e. The van der Waals surface area contributed by atoms with E-state index in [-0.39, 0.29) is 11.2 Å². The number of benzene rings is 4. The van der Waals surface area contributed by atoms with Gasteiger partial charge in [0.2, 0.25) is 0 Å². The van der Waals surface area contributed by atoms with Crippen LogP contribution in [0.5, 0.6) is 0 Å². The summed E-state index contributed by atoms with van der Waals surface area (Å²) < 4.78 is 13.0. The second-order valence-corrected chi connectivity index (χ2v) is 12.3. The molecular weight excluding hydrogens is 463 g/mol. The standard InChI is InChI=1S/C35H37BO2/c1-24(2)22-25-18-20-26(21-19-25)35(31-16-9-7-14-29(31)30-15-8-10-17-32(30)35)27-12-11-13-28(23-27)36-37-33(3,4)34(5,6)38-36/h7-21,23-24H,22H2,1-6H3. The molecule has 4 aromatic rings. The van der Waals surface area contributed by atoms with Crippen molar-refractivity contribution in [3.63, 3.8) is 0 Å². The maximum absolute atomic E-state index is 6.48. The highest BCUT2D eigenvalue weighted by Gasteiger charge is 2.52. The fourth-order valence-electron chi connectivity index (χ4n) is 6.28. The Labute approximate surface area is 228 Å². The average Bonchev–Trinajstić information content (AvgIpc) is 3.32. The summed E-state index contributed by atoms with van der Waals surface area (Å²) in [5, 5.41) is 0. The molecule has 0 atom stereocenters. The van der Waals surface area contributed by atoms with Crippen LogP contribution in [-0.4, -0.2) is 18.3 Å². The van der Waals surface area contributed by atoms with E-state index in [1.807, 2.05) is 0 Å². The normalized spacial score (nSPS) is 18.4. The Hall–Kier alpha value is -3.14. The van der Waals surface area contributed by atoms with Gasteiger partial charge in [0, 0.05) is 0 Å². The molecule has 0 saturated carbocycles. The first-order valence-electron chi connectivity index (χ1n) is 13.9. The molecule has 0 N–H and O–H groups in total. The summed E-state index contributed by atoms with van der Waals surface area (Å²) in [4.78, 5) is 0. The third-order valence-corrected chi connectivity index (χ3v) is 8.83.